The lowest BCUT2D eigenvalue weighted by molar-refractivity contribution is -0.127. The van der Waals surface area contributed by atoms with E-state index in [1.54, 1.807) is 43.4 Å². The maximum absolute atomic E-state index is 12.5. The molecule has 1 N–H and O–H groups in total. The van der Waals surface area contributed by atoms with E-state index < -0.39 is 11.7 Å². The molecule has 1 aromatic carbocycles. The van der Waals surface area contributed by atoms with Crippen LogP contribution in [0.5, 0.6) is 11.5 Å². The fourth-order valence-electron chi connectivity index (χ4n) is 2.95. The number of carbonyl (C=O) groups is 2. The predicted octanol–water partition coefficient (Wildman–Crippen LogP) is 3.23. The van der Waals surface area contributed by atoms with Crippen LogP contribution in [0.1, 0.15) is 39.2 Å². The summed E-state index contributed by atoms with van der Waals surface area (Å²) in [5.74, 6) is 1.30. The summed E-state index contributed by atoms with van der Waals surface area (Å²) in [6, 6.07) is 5.44. The number of amides is 2. The molecule has 2 amide bonds. The molecule has 0 saturated carbocycles. The molecule has 0 bridgehead atoms. The second kappa shape index (κ2) is 9.48. The number of nitrogens with one attached hydrogen (secondary N) is 1. The molecular weight excluding hydrogens is 360 g/mol. The van der Waals surface area contributed by atoms with Crippen molar-refractivity contribution in [3.63, 3.8) is 0 Å². The highest BCUT2D eigenvalue weighted by atomic mass is 16.6. The summed E-state index contributed by atoms with van der Waals surface area (Å²) in [6.07, 6.45) is 4.25. The first kappa shape index (κ1) is 21.6. The van der Waals surface area contributed by atoms with E-state index in [-0.39, 0.29) is 11.9 Å². The van der Waals surface area contributed by atoms with Crippen LogP contribution in [0.3, 0.4) is 0 Å². The lowest BCUT2D eigenvalue weighted by Crippen LogP contribution is -2.47. The highest BCUT2D eigenvalue weighted by Crippen LogP contribution is 2.25. The maximum Gasteiger partial charge on any atom is 0.407 e. The molecule has 0 radical (unpaired) electrons. The van der Waals surface area contributed by atoms with E-state index in [4.69, 9.17) is 14.2 Å². The zero-order chi connectivity index (χ0) is 20.7. The Morgan fingerprint density at radius 1 is 1.14 bits per heavy atom. The third-order valence-corrected chi connectivity index (χ3v) is 4.37. The molecule has 154 valence electrons. The Bertz CT molecular complexity index is 716. The van der Waals surface area contributed by atoms with Crippen LogP contribution in [0.2, 0.25) is 0 Å². The van der Waals surface area contributed by atoms with Gasteiger partial charge >= 0.3 is 6.09 Å². The summed E-state index contributed by atoms with van der Waals surface area (Å²) in [7, 11) is 3.18. The smallest absolute Gasteiger partial charge is 0.407 e. The van der Waals surface area contributed by atoms with Gasteiger partial charge in [0.2, 0.25) is 5.91 Å². The zero-order valence-electron chi connectivity index (χ0n) is 17.3. The van der Waals surface area contributed by atoms with Gasteiger partial charge in [0, 0.05) is 30.8 Å². The lowest BCUT2D eigenvalue weighted by Gasteiger charge is -2.32. The minimum absolute atomic E-state index is 0.0151. The van der Waals surface area contributed by atoms with E-state index in [2.05, 4.69) is 5.32 Å². The van der Waals surface area contributed by atoms with Gasteiger partial charge in [-0.15, -0.1) is 0 Å². The van der Waals surface area contributed by atoms with E-state index in [9.17, 15) is 9.59 Å². The Kier molecular flexibility index (Phi) is 7.31. The molecule has 0 spiro atoms. The van der Waals surface area contributed by atoms with E-state index in [0.29, 0.717) is 37.4 Å². The van der Waals surface area contributed by atoms with Gasteiger partial charge in [0.15, 0.2) is 0 Å². The number of nitrogens with zero attached hydrogens (tertiary/aromatic N) is 1. The second-order valence-electron chi connectivity index (χ2n) is 7.69. The Hall–Kier alpha value is -2.70. The average molecular weight is 390 g/mol. The van der Waals surface area contributed by atoms with E-state index in [0.717, 1.165) is 5.56 Å². The first-order valence-corrected chi connectivity index (χ1v) is 9.40. The minimum atomic E-state index is -0.521. The van der Waals surface area contributed by atoms with Gasteiger partial charge in [-0.2, -0.15) is 0 Å². The minimum Gasteiger partial charge on any atom is -0.497 e. The van der Waals surface area contributed by atoms with E-state index in [1.165, 1.54) is 0 Å². The van der Waals surface area contributed by atoms with Crippen LogP contribution in [0.4, 0.5) is 4.79 Å². The molecule has 2 rings (SSSR count). The Labute approximate surface area is 166 Å². The van der Waals surface area contributed by atoms with Gasteiger partial charge < -0.3 is 24.4 Å². The van der Waals surface area contributed by atoms with Crippen LogP contribution in [0.15, 0.2) is 24.3 Å². The van der Waals surface area contributed by atoms with Gasteiger partial charge in [-0.1, -0.05) is 0 Å². The molecule has 1 heterocycles. The van der Waals surface area contributed by atoms with Crippen molar-refractivity contribution >= 4 is 18.1 Å². The number of hydrogen-bond acceptors (Lipinski definition) is 5. The molecule has 1 aromatic rings. The van der Waals surface area contributed by atoms with Gasteiger partial charge in [0.25, 0.3) is 0 Å². The zero-order valence-corrected chi connectivity index (χ0v) is 17.3. The number of piperidine rings is 1. The third kappa shape index (κ3) is 6.48. The van der Waals surface area contributed by atoms with Gasteiger partial charge in [-0.3, -0.25) is 4.79 Å². The van der Waals surface area contributed by atoms with Crippen LogP contribution >= 0.6 is 0 Å². The summed E-state index contributed by atoms with van der Waals surface area (Å²) < 4.78 is 15.8. The lowest BCUT2D eigenvalue weighted by atomic mass is 10.0. The molecule has 0 aromatic heterocycles. The first-order valence-electron chi connectivity index (χ1n) is 9.40. The van der Waals surface area contributed by atoms with Crippen LogP contribution in [-0.2, 0) is 9.53 Å². The Balaban J connectivity index is 1.88. The van der Waals surface area contributed by atoms with Crippen molar-refractivity contribution in [1.82, 2.24) is 10.2 Å². The molecular formula is C21H30N2O5. The van der Waals surface area contributed by atoms with Gasteiger partial charge in [-0.05, 0) is 57.9 Å². The highest BCUT2D eigenvalue weighted by molar-refractivity contribution is 5.92. The van der Waals surface area contributed by atoms with Gasteiger partial charge in [0.05, 0.1) is 14.2 Å². The van der Waals surface area contributed by atoms with Gasteiger partial charge in [-0.25, -0.2) is 4.79 Å². The number of benzene rings is 1. The van der Waals surface area contributed by atoms with Crippen molar-refractivity contribution < 1.29 is 23.8 Å². The first-order chi connectivity index (χ1) is 13.2. The average Bonchev–Trinajstić information content (AvgIpc) is 2.64. The normalized spacial score (nSPS) is 15.4. The number of methoxy groups -OCH3 is 2. The maximum atomic E-state index is 12.5. The predicted molar refractivity (Wildman–Crippen MR) is 108 cm³/mol. The van der Waals surface area contributed by atoms with Crippen molar-refractivity contribution in [2.75, 3.05) is 27.3 Å². The molecule has 0 aliphatic carbocycles. The summed E-state index contributed by atoms with van der Waals surface area (Å²) in [4.78, 5) is 26.1. The van der Waals surface area contributed by atoms with Gasteiger partial charge in [0.1, 0.15) is 17.1 Å². The molecule has 1 aliphatic heterocycles. The van der Waals surface area contributed by atoms with E-state index in [1.807, 2.05) is 26.8 Å². The SMILES string of the molecule is COc1ccc(OC)c(/C=C/C(=O)N2CCC(NC(=O)OC(C)(C)C)CC2)c1. The number of alkyl carbamates (subject to hydrolysis) is 1. The monoisotopic (exact) mass is 390 g/mol. The van der Waals surface area contributed by atoms with Crippen molar-refractivity contribution in [2.24, 2.45) is 0 Å². The molecule has 1 aliphatic rings. The van der Waals surface area contributed by atoms with Crippen LogP contribution in [0.25, 0.3) is 6.08 Å². The number of rotatable bonds is 5. The quantitative estimate of drug-likeness (QED) is 0.781. The van der Waals surface area contributed by atoms with Crippen LogP contribution in [0, 0.1) is 0 Å². The number of likely N-dealkylation sites (tertiary alicyclic amines) is 1. The molecule has 28 heavy (non-hydrogen) atoms. The third-order valence-electron chi connectivity index (χ3n) is 4.37. The summed E-state index contributed by atoms with van der Waals surface area (Å²) in [5.41, 5.74) is 0.254. The summed E-state index contributed by atoms with van der Waals surface area (Å²) in [5, 5.41) is 2.87. The number of carbonyl (C=O) groups excluding carboxylic acids is 2. The summed E-state index contributed by atoms with van der Waals surface area (Å²) in [6.45, 7) is 6.66. The van der Waals surface area contributed by atoms with Crippen molar-refractivity contribution in [1.29, 1.82) is 0 Å². The Morgan fingerprint density at radius 3 is 2.39 bits per heavy atom. The fraction of sp³-hybridized carbons (Fsp3) is 0.524. The largest absolute Gasteiger partial charge is 0.497 e. The molecule has 1 saturated heterocycles. The topological polar surface area (TPSA) is 77.1 Å². The molecule has 1 fully saturated rings. The second-order valence-corrected chi connectivity index (χ2v) is 7.69. The van der Waals surface area contributed by atoms with Crippen LogP contribution in [-0.4, -0.2) is 55.9 Å². The molecule has 0 unspecified atom stereocenters. The highest BCUT2D eigenvalue weighted by Gasteiger charge is 2.25. The van der Waals surface area contributed by atoms with Crippen molar-refractivity contribution in [3.8, 4) is 11.5 Å². The number of ether oxygens (including phenoxy) is 3. The fourth-order valence-corrected chi connectivity index (χ4v) is 2.95. The molecule has 0 atom stereocenters. The summed E-state index contributed by atoms with van der Waals surface area (Å²) >= 11 is 0. The van der Waals surface area contributed by atoms with Crippen molar-refractivity contribution in [3.05, 3.63) is 29.8 Å². The standard InChI is InChI=1S/C21H30N2O5/c1-21(2,3)28-20(25)22-16-10-12-23(13-11-16)19(24)9-6-15-14-17(26-4)7-8-18(15)27-5/h6-9,14,16H,10-13H2,1-5H3,(H,22,25)/b9-6+. The number of hydrogen-bond donors (Lipinski definition) is 1. The molecule has 7 nitrogen and oxygen atoms in total. The Morgan fingerprint density at radius 2 is 1.82 bits per heavy atom. The van der Waals surface area contributed by atoms with Crippen LogP contribution < -0.4 is 14.8 Å². The van der Waals surface area contributed by atoms with Crippen molar-refractivity contribution in [2.45, 2.75) is 45.3 Å². The molecule has 7 heteroatoms. The van der Waals surface area contributed by atoms with E-state index >= 15 is 0 Å².